The molecule has 1 amide bonds. The van der Waals surface area contributed by atoms with Crippen LogP contribution in [0, 0.1) is 5.92 Å². The molecule has 5 nitrogen and oxygen atoms in total. The van der Waals surface area contributed by atoms with Crippen molar-refractivity contribution in [2.45, 2.75) is 51.5 Å². The lowest BCUT2D eigenvalue weighted by Gasteiger charge is -2.34. The normalized spacial score (nSPS) is 27.7. The van der Waals surface area contributed by atoms with Crippen LogP contribution in [0.2, 0.25) is 0 Å². The second-order valence-corrected chi connectivity index (χ2v) is 6.90. The molecule has 2 atom stereocenters. The third-order valence-electron chi connectivity index (χ3n) is 5.20. The van der Waals surface area contributed by atoms with Crippen molar-refractivity contribution >= 4 is 5.91 Å². The molecular weight excluding hydrogens is 276 g/mol. The molecule has 2 fully saturated rings. The fourth-order valence-corrected chi connectivity index (χ4v) is 3.61. The molecule has 128 valence electrons. The summed E-state index contributed by atoms with van der Waals surface area (Å²) in [5.74, 6) is 0.387. The van der Waals surface area contributed by atoms with E-state index in [1.165, 1.54) is 45.7 Å². The number of nitrogens with two attached hydrogens (primary N) is 1. The maximum absolute atomic E-state index is 12.1. The maximum atomic E-state index is 12.1. The minimum Gasteiger partial charge on any atom is -0.356 e. The van der Waals surface area contributed by atoms with Crippen LogP contribution in [0.1, 0.15) is 45.4 Å². The highest BCUT2D eigenvalue weighted by Crippen LogP contribution is 2.23. The van der Waals surface area contributed by atoms with Gasteiger partial charge in [0.2, 0.25) is 5.91 Å². The van der Waals surface area contributed by atoms with Crippen LogP contribution in [0.25, 0.3) is 0 Å². The number of carbonyl (C=O) groups excluding carboxylic acids is 1. The van der Waals surface area contributed by atoms with Crippen LogP contribution in [-0.4, -0.2) is 67.6 Å². The van der Waals surface area contributed by atoms with Crippen molar-refractivity contribution < 1.29 is 4.79 Å². The number of hydrogen-bond donors (Lipinski definition) is 2. The van der Waals surface area contributed by atoms with E-state index in [0.29, 0.717) is 0 Å². The van der Waals surface area contributed by atoms with Crippen molar-refractivity contribution in [3.05, 3.63) is 0 Å². The Morgan fingerprint density at radius 2 is 1.86 bits per heavy atom. The van der Waals surface area contributed by atoms with E-state index in [4.69, 9.17) is 5.73 Å². The smallest absolute Gasteiger partial charge is 0.223 e. The van der Waals surface area contributed by atoms with Crippen LogP contribution in [0.3, 0.4) is 0 Å². The van der Waals surface area contributed by atoms with Gasteiger partial charge in [0.25, 0.3) is 0 Å². The van der Waals surface area contributed by atoms with E-state index in [1.807, 2.05) is 0 Å². The number of rotatable bonds is 7. The molecule has 2 unspecified atom stereocenters. The minimum absolute atomic E-state index is 0.158. The van der Waals surface area contributed by atoms with Crippen LogP contribution in [0.4, 0.5) is 0 Å². The molecule has 1 aliphatic carbocycles. The zero-order valence-corrected chi connectivity index (χ0v) is 14.2. The van der Waals surface area contributed by atoms with Crippen molar-refractivity contribution in [3.63, 3.8) is 0 Å². The summed E-state index contributed by atoms with van der Waals surface area (Å²) in [6, 6.07) is 0.228. The van der Waals surface area contributed by atoms with E-state index < -0.39 is 0 Å². The first kappa shape index (κ1) is 17.7. The van der Waals surface area contributed by atoms with Gasteiger partial charge >= 0.3 is 0 Å². The fourth-order valence-electron chi connectivity index (χ4n) is 3.61. The Morgan fingerprint density at radius 3 is 2.55 bits per heavy atom. The van der Waals surface area contributed by atoms with Gasteiger partial charge in [-0.15, -0.1) is 0 Å². The molecule has 0 bridgehead atoms. The summed E-state index contributed by atoms with van der Waals surface area (Å²) >= 11 is 0. The third kappa shape index (κ3) is 5.86. The molecule has 0 aromatic heterocycles. The first-order chi connectivity index (χ1) is 10.7. The Bertz CT molecular complexity index is 329. The lowest BCUT2D eigenvalue weighted by Crippen LogP contribution is -2.46. The number of hydrogen-bond acceptors (Lipinski definition) is 4. The van der Waals surface area contributed by atoms with Crippen molar-refractivity contribution in [2.24, 2.45) is 11.7 Å². The SMILES string of the molecule is CCN1CCN(CCCCNC(=O)C2CCCC(N)C2)CC1. The average Bonchev–Trinajstić information content (AvgIpc) is 2.55. The van der Waals surface area contributed by atoms with Crippen LogP contribution < -0.4 is 11.1 Å². The Balaban J connectivity index is 1.49. The van der Waals surface area contributed by atoms with E-state index in [-0.39, 0.29) is 17.9 Å². The van der Waals surface area contributed by atoms with Gasteiger partial charge < -0.3 is 20.9 Å². The highest BCUT2D eigenvalue weighted by atomic mass is 16.1. The first-order valence-electron chi connectivity index (χ1n) is 9.17. The van der Waals surface area contributed by atoms with Gasteiger partial charge in [-0.3, -0.25) is 4.79 Å². The van der Waals surface area contributed by atoms with Gasteiger partial charge in [0.1, 0.15) is 0 Å². The highest BCUT2D eigenvalue weighted by molar-refractivity contribution is 5.78. The molecular formula is C17H34N4O. The van der Waals surface area contributed by atoms with Crippen molar-refractivity contribution in [2.75, 3.05) is 45.8 Å². The Hall–Kier alpha value is -0.650. The first-order valence-corrected chi connectivity index (χ1v) is 9.17. The molecule has 2 aliphatic rings. The van der Waals surface area contributed by atoms with Gasteiger partial charge in [0.05, 0.1) is 0 Å². The lowest BCUT2D eigenvalue weighted by atomic mass is 9.85. The summed E-state index contributed by atoms with van der Waals surface area (Å²) in [6.07, 6.45) is 6.32. The maximum Gasteiger partial charge on any atom is 0.223 e. The molecule has 0 spiro atoms. The van der Waals surface area contributed by atoms with E-state index in [0.717, 1.165) is 38.6 Å². The van der Waals surface area contributed by atoms with Crippen molar-refractivity contribution in [1.82, 2.24) is 15.1 Å². The number of piperazine rings is 1. The molecule has 3 N–H and O–H groups in total. The molecule has 1 aliphatic heterocycles. The standard InChI is InChI=1S/C17H34N4O/c1-2-20-10-12-21(13-11-20)9-4-3-8-19-17(22)15-6-5-7-16(18)14-15/h15-16H,2-14,18H2,1H3,(H,19,22). The summed E-state index contributed by atoms with van der Waals surface area (Å²) in [5.41, 5.74) is 5.95. The molecule has 0 radical (unpaired) electrons. The lowest BCUT2D eigenvalue weighted by molar-refractivity contribution is -0.126. The van der Waals surface area contributed by atoms with Crippen LogP contribution in [0.15, 0.2) is 0 Å². The number of amides is 1. The van der Waals surface area contributed by atoms with Crippen LogP contribution in [0.5, 0.6) is 0 Å². The largest absolute Gasteiger partial charge is 0.356 e. The minimum atomic E-state index is 0.158. The second-order valence-electron chi connectivity index (χ2n) is 6.90. The number of nitrogens with zero attached hydrogens (tertiary/aromatic N) is 2. The van der Waals surface area contributed by atoms with Gasteiger partial charge in [-0.05, 0) is 45.2 Å². The monoisotopic (exact) mass is 310 g/mol. The molecule has 0 aromatic carbocycles. The fraction of sp³-hybridized carbons (Fsp3) is 0.941. The third-order valence-corrected chi connectivity index (χ3v) is 5.20. The van der Waals surface area contributed by atoms with Gasteiger partial charge in [-0.1, -0.05) is 13.3 Å². The molecule has 0 aromatic rings. The summed E-state index contributed by atoms with van der Waals surface area (Å²) < 4.78 is 0. The van der Waals surface area contributed by atoms with Crippen LogP contribution >= 0.6 is 0 Å². The zero-order chi connectivity index (χ0) is 15.8. The Morgan fingerprint density at radius 1 is 1.14 bits per heavy atom. The van der Waals surface area contributed by atoms with E-state index in [9.17, 15) is 4.79 Å². The van der Waals surface area contributed by atoms with Crippen molar-refractivity contribution in [3.8, 4) is 0 Å². The average molecular weight is 310 g/mol. The molecule has 1 heterocycles. The second kappa shape index (κ2) is 9.48. The topological polar surface area (TPSA) is 61.6 Å². The van der Waals surface area contributed by atoms with E-state index in [1.54, 1.807) is 0 Å². The molecule has 5 heteroatoms. The van der Waals surface area contributed by atoms with Crippen LogP contribution in [-0.2, 0) is 4.79 Å². The van der Waals surface area contributed by atoms with Gasteiger partial charge in [-0.2, -0.15) is 0 Å². The zero-order valence-electron chi connectivity index (χ0n) is 14.2. The molecule has 2 rings (SSSR count). The summed E-state index contributed by atoms with van der Waals surface area (Å²) in [5, 5.41) is 3.11. The van der Waals surface area contributed by atoms with E-state index >= 15 is 0 Å². The molecule has 1 saturated heterocycles. The number of carbonyl (C=O) groups is 1. The predicted octanol–water partition coefficient (Wildman–Crippen LogP) is 1.04. The summed E-state index contributed by atoms with van der Waals surface area (Å²) in [6.45, 7) is 10.2. The number of unbranched alkanes of at least 4 members (excludes halogenated alkanes) is 1. The summed E-state index contributed by atoms with van der Waals surface area (Å²) in [4.78, 5) is 17.2. The number of likely N-dealkylation sites (N-methyl/N-ethyl adjacent to an activating group) is 1. The molecule has 1 saturated carbocycles. The van der Waals surface area contributed by atoms with Gasteiger partial charge in [0.15, 0.2) is 0 Å². The van der Waals surface area contributed by atoms with Crippen molar-refractivity contribution in [1.29, 1.82) is 0 Å². The predicted molar refractivity (Wildman–Crippen MR) is 90.7 cm³/mol. The Labute approximate surface area is 135 Å². The van der Waals surface area contributed by atoms with Gasteiger partial charge in [0, 0.05) is 44.7 Å². The van der Waals surface area contributed by atoms with Gasteiger partial charge in [-0.25, -0.2) is 0 Å². The summed E-state index contributed by atoms with van der Waals surface area (Å²) in [7, 11) is 0. The highest BCUT2D eigenvalue weighted by Gasteiger charge is 2.24. The number of nitrogens with one attached hydrogen (secondary N) is 1. The molecule has 22 heavy (non-hydrogen) atoms. The quantitative estimate of drug-likeness (QED) is 0.690. The Kier molecular flexibility index (Phi) is 7.63. The van der Waals surface area contributed by atoms with E-state index in [2.05, 4.69) is 22.0 Å².